The van der Waals surface area contributed by atoms with Crippen LogP contribution < -0.4 is 0 Å². The van der Waals surface area contributed by atoms with E-state index in [0.29, 0.717) is 19.3 Å². The molecule has 1 N–H and O–H groups in total. The van der Waals surface area contributed by atoms with Gasteiger partial charge in [0, 0.05) is 30.1 Å². The first kappa shape index (κ1) is 15.2. The lowest BCUT2D eigenvalue weighted by Gasteiger charge is -2.09. The number of carbonyl (C=O) groups excluding carboxylic acids is 1. The number of methoxy groups -OCH3 is 1. The van der Waals surface area contributed by atoms with E-state index >= 15 is 0 Å². The van der Waals surface area contributed by atoms with Crippen molar-refractivity contribution in [1.82, 2.24) is 4.98 Å². The monoisotopic (exact) mass is 261 g/mol. The Morgan fingerprint density at radius 2 is 2.32 bits per heavy atom. The highest BCUT2D eigenvalue weighted by Crippen LogP contribution is 2.07. The van der Waals surface area contributed by atoms with Crippen molar-refractivity contribution in [3.05, 3.63) is 29.6 Å². The highest BCUT2D eigenvalue weighted by molar-refractivity contribution is 5.88. The molecule has 0 spiro atoms. The van der Waals surface area contributed by atoms with Crippen LogP contribution in [-0.4, -0.2) is 29.3 Å². The summed E-state index contributed by atoms with van der Waals surface area (Å²) in [6, 6.07) is 5.78. The number of aryl methyl sites for hydroxylation is 1. The van der Waals surface area contributed by atoms with Gasteiger partial charge in [0.25, 0.3) is 0 Å². The molecule has 0 aliphatic rings. The van der Waals surface area contributed by atoms with Crippen molar-refractivity contribution in [2.24, 2.45) is 0 Å². The maximum atomic E-state index is 10.7. The van der Waals surface area contributed by atoms with Crippen molar-refractivity contribution in [2.45, 2.75) is 38.7 Å². The summed E-state index contributed by atoms with van der Waals surface area (Å²) in [5.41, 5.74) is 1.85. The third kappa shape index (κ3) is 6.58. The van der Waals surface area contributed by atoms with E-state index in [1.54, 1.807) is 0 Å². The zero-order valence-corrected chi connectivity index (χ0v) is 11.3. The molecule has 0 saturated heterocycles. The van der Waals surface area contributed by atoms with E-state index in [2.05, 4.69) is 21.6 Å². The summed E-state index contributed by atoms with van der Waals surface area (Å²) in [4.78, 5) is 15.1. The summed E-state index contributed by atoms with van der Waals surface area (Å²) in [6.07, 6.45) is 2.09. The van der Waals surface area contributed by atoms with Gasteiger partial charge in [-0.05, 0) is 31.9 Å². The van der Waals surface area contributed by atoms with Gasteiger partial charge < -0.3 is 9.84 Å². The Balaban J connectivity index is 2.26. The van der Waals surface area contributed by atoms with Crippen LogP contribution in [0.1, 0.15) is 30.7 Å². The normalized spacial score (nSPS) is 11.3. The molecule has 1 aromatic rings. The number of pyridine rings is 1. The van der Waals surface area contributed by atoms with Gasteiger partial charge in [-0.2, -0.15) is 0 Å². The molecule has 1 unspecified atom stereocenters. The maximum absolute atomic E-state index is 10.7. The molecule has 1 atom stereocenters. The third-order valence-electron chi connectivity index (χ3n) is 2.61. The second-order valence-corrected chi connectivity index (χ2v) is 4.31. The second-order valence-electron chi connectivity index (χ2n) is 4.31. The van der Waals surface area contributed by atoms with Gasteiger partial charge in [-0.15, -0.1) is 0 Å². The molecule has 0 aromatic carbocycles. The summed E-state index contributed by atoms with van der Waals surface area (Å²) >= 11 is 0. The number of ether oxygens (including phenoxy) is 1. The maximum Gasteiger partial charge on any atom is 0.384 e. The topological polar surface area (TPSA) is 59.4 Å². The summed E-state index contributed by atoms with van der Waals surface area (Å²) in [7, 11) is 1.30. The molecule has 0 aliphatic heterocycles. The predicted molar refractivity (Wildman–Crippen MR) is 72.3 cm³/mol. The highest BCUT2D eigenvalue weighted by Gasteiger charge is 2.06. The van der Waals surface area contributed by atoms with Crippen LogP contribution in [-0.2, 0) is 16.0 Å². The molecule has 0 fully saturated rings. The summed E-state index contributed by atoms with van der Waals surface area (Å²) < 4.78 is 4.40. The van der Waals surface area contributed by atoms with Crippen molar-refractivity contribution in [2.75, 3.05) is 7.11 Å². The van der Waals surface area contributed by atoms with Crippen LogP contribution in [0.3, 0.4) is 0 Å². The van der Waals surface area contributed by atoms with Gasteiger partial charge >= 0.3 is 5.97 Å². The number of nitrogens with zero attached hydrogens (tertiary/aromatic N) is 1. The van der Waals surface area contributed by atoms with Gasteiger partial charge in [0.2, 0.25) is 0 Å². The predicted octanol–water partition coefficient (Wildman–Crippen LogP) is 1.64. The Kier molecular flexibility index (Phi) is 6.62. The molecule has 0 saturated carbocycles. The zero-order valence-electron chi connectivity index (χ0n) is 11.3. The smallest absolute Gasteiger partial charge is 0.384 e. The number of rotatable bonds is 5. The van der Waals surface area contributed by atoms with Crippen molar-refractivity contribution in [3.63, 3.8) is 0 Å². The van der Waals surface area contributed by atoms with E-state index in [1.807, 2.05) is 25.1 Å². The number of carbonyl (C=O) groups is 1. The van der Waals surface area contributed by atoms with Crippen LogP contribution in [0.15, 0.2) is 18.2 Å². The van der Waals surface area contributed by atoms with Crippen LogP contribution in [0, 0.1) is 18.8 Å². The Bertz CT molecular complexity index is 474. The fourth-order valence-electron chi connectivity index (χ4n) is 1.67. The van der Waals surface area contributed by atoms with Gasteiger partial charge in [0.1, 0.15) is 0 Å². The molecule has 0 radical (unpaired) electrons. The van der Waals surface area contributed by atoms with Gasteiger partial charge in [-0.3, -0.25) is 4.98 Å². The van der Waals surface area contributed by atoms with Crippen LogP contribution in [0.4, 0.5) is 0 Å². The molecule has 4 nitrogen and oxygen atoms in total. The Labute approximate surface area is 113 Å². The first-order chi connectivity index (χ1) is 9.11. The van der Waals surface area contributed by atoms with Gasteiger partial charge in [-0.1, -0.05) is 12.0 Å². The van der Waals surface area contributed by atoms with Crippen LogP contribution in [0.25, 0.3) is 0 Å². The molecule has 19 heavy (non-hydrogen) atoms. The number of unbranched alkanes of at least 4 members (excludes halogenated alkanes) is 1. The number of hydrogen-bond acceptors (Lipinski definition) is 4. The van der Waals surface area contributed by atoms with Crippen LogP contribution >= 0.6 is 0 Å². The van der Waals surface area contributed by atoms with Crippen LogP contribution in [0.2, 0.25) is 0 Å². The van der Waals surface area contributed by atoms with Crippen molar-refractivity contribution < 1.29 is 14.6 Å². The fraction of sp³-hybridized carbons (Fsp3) is 0.467. The fourth-order valence-corrected chi connectivity index (χ4v) is 1.67. The lowest BCUT2D eigenvalue weighted by atomic mass is 10.1. The summed E-state index contributed by atoms with van der Waals surface area (Å²) in [5, 5.41) is 9.87. The Hall–Kier alpha value is -1.86. The molecule has 0 aliphatic carbocycles. The largest absolute Gasteiger partial charge is 0.459 e. The van der Waals surface area contributed by atoms with E-state index in [9.17, 15) is 9.90 Å². The Morgan fingerprint density at radius 3 is 3.00 bits per heavy atom. The SMILES string of the molecule is COC(=O)C#CCCCC(O)Cc1cccc(C)n1. The quantitative estimate of drug-likeness (QED) is 0.379. The lowest BCUT2D eigenvalue weighted by Crippen LogP contribution is -2.11. The van der Waals surface area contributed by atoms with E-state index < -0.39 is 12.1 Å². The van der Waals surface area contributed by atoms with Crippen LogP contribution in [0.5, 0.6) is 0 Å². The summed E-state index contributed by atoms with van der Waals surface area (Å²) in [6.45, 7) is 1.93. The Morgan fingerprint density at radius 1 is 1.53 bits per heavy atom. The average molecular weight is 261 g/mol. The molecule has 102 valence electrons. The van der Waals surface area contributed by atoms with E-state index in [1.165, 1.54) is 7.11 Å². The molecular weight excluding hydrogens is 242 g/mol. The second kappa shape index (κ2) is 8.28. The molecule has 1 heterocycles. The minimum atomic E-state index is -0.524. The standard InChI is InChI=1S/C15H19NO3/c1-12-7-6-8-13(16-12)11-14(17)9-4-3-5-10-15(18)19-2/h6-8,14,17H,3-4,9,11H2,1-2H3. The highest BCUT2D eigenvalue weighted by atomic mass is 16.5. The minimum absolute atomic E-state index is 0.422. The summed E-state index contributed by atoms with van der Waals surface area (Å²) in [5.74, 6) is 4.55. The lowest BCUT2D eigenvalue weighted by molar-refractivity contribution is -0.133. The van der Waals surface area contributed by atoms with Gasteiger partial charge in [-0.25, -0.2) is 4.79 Å². The van der Waals surface area contributed by atoms with Crippen molar-refractivity contribution >= 4 is 5.97 Å². The van der Waals surface area contributed by atoms with E-state index in [4.69, 9.17) is 0 Å². The minimum Gasteiger partial charge on any atom is -0.459 e. The first-order valence-corrected chi connectivity index (χ1v) is 6.29. The molecular formula is C15H19NO3. The molecule has 0 amide bonds. The number of esters is 1. The number of hydrogen-bond donors (Lipinski definition) is 1. The van der Waals surface area contributed by atoms with Gasteiger partial charge in [0.15, 0.2) is 0 Å². The number of aliphatic hydroxyl groups is 1. The number of aliphatic hydroxyl groups excluding tert-OH is 1. The molecule has 0 bridgehead atoms. The van der Waals surface area contributed by atoms with E-state index in [-0.39, 0.29) is 0 Å². The third-order valence-corrected chi connectivity index (χ3v) is 2.61. The average Bonchev–Trinajstić information content (AvgIpc) is 2.38. The van der Waals surface area contributed by atoms with Crippen molar-refractivity contribution in [3.8, 4) is 11.8 Å². The zero-order chi connectivity index (χ0) is 14.1. The molecule has 1 rings (SSSR count). The first-order valence-electron chi connectivity index (χ1n) is 6.29. The number of aromatic nitrogens is 1. The van der Waals surface area contributed by atoms with Gasteiger partial charge in [0.05, 0.1) is 13.2 Å². The molecule has 4 heteroatoms. The molecule has 1 aromatic heterocycles. The van der Waals surface area contributed by atoms with E-state index in [0.717, 1.165) is 17.8 Å². The van der Waals surface area contributed by atoms with Crippen molar-refractivity contribution in [1.29, 1.82) is 0 Å².